The molecular formula is C17H11F7. The molecule has 0 heterocycles. The van der Waals surface area contributed by atoms with Crippen molar-refractivity contribution in [1.29, 1.82) is 0 Å². The largest absolute Gasteiger partial charge is 0.285 e. The van der Waals surface area contributed by atoms with Crippen molar-refractivity contribution in [2.24, 2.45) is 0 Å². The van der Waals surface area contributed by atoms with E-state index >= 15 is 0 Å². The van der Waals surface area contributed by atoms with Crippen LogP contribution in [0.4, 0.5) is 30.7 Å². The van der Waals surface area contributed by atoms with Gasteiger partial charge in [0.1, 0.15) is 0 Å². The van der Waals surface area contributed by atoms with Crippen LogP contribution in [0.5, 0.6) is 0 Å². The summed E-state index contributed by atoms with van der Waals surface area (Å²) in [6.07, 6.45) is 0.718. The average molecular weight is 348 g/mol. The van der Waals surface area contributed by atoms with Gasteiger partial charge < -0.3 is 0 Å². The maximum absolute atomic E-state index is 14.8. The number of fused-ring (bicyclic) bond motifs is 1. The Morgan fingerprint density at radius 3 is 1.96 bits per heavy atom. The van der Waals surface area contributed by atoms with Crippen molar-refractivity contribution in [3.8, 4) is 0 Å². The summed E-state index contributed by atoms with van der Waals surface area (Å²) < 4.78 is 97.0. The van der Waals surface area contributed by atoms with Crippen LogP contribution in [-0.4, -0.2) is 0 Å². The molecule has 0 amide bonds. The lowest BCUT2D eigenvalue weighted by molar-refractivity contribution is -0.0468. The van der Waals surface area contributed by atoms with Gasteiger partial charge in [-0.15, -0.1) is 0 Å². The maximum Gasteiger partial charge on any atom is 0.285 e. The van der Waals surface area contributed by atoms with E-state index in [1.807, 2.05) is 0 Å². The Labute approximate surface area is 132 Å². The number of aryl methyl sites for hydroxylation is 1. The summed E-state index contributed by atoms with van der Waals surface area (Å²) in [4.78, 5) is 0. The van der Waals surface area contributed by atoms with Crippen molar-refractivity contribution in [2.75, 3.05) is 0 Å². The Kier molecular flexibility index (Phi) is 4.05. The lowest BCUT2D eigenvalue weighted by atomic mass is 9.77. The molecule has 1 unspecified atom stereocenters. The molecule has 24 heavy (non-hydrogen) atoms. The summed E-state index contributed by atoms with van der Waals surface area (Å²) >= 11 is 0. The number of halogens is 7. The molecule has 7 heteroatoms. The van der Waals surface area contributed by atoms with Crippen LogP contribution in [0, 0.1) is 29.1 Å². The summed E-state index contributed by atoms with van der Waals surface area (Å²) in [6, 6.07) is 6.12. The van der Waals surface area contributed by atoms with Gasteiger partial charge in [-0.3, -0.25) is 0 Å². The summed E-state index contributed by atoms with van der Waals surface area (Å²) in [5.41, 5.74) is -1.32. The second-order valence-electron chi connectivity index (χ2n) is 5.71. The van der Waals surface area contributed by atoms with Crippen LogP contribution in [-0.2, 0) is 12.3 Å². The van der Waals surface area contributed by atoms with Crippen molar-refractivity contribution < 1.29 is 30.7 Å². The molecule has 0 aliphatic heterocycles. The molecule has 0 N–H and O–H groups in total. The maximum atomic E-state index is 14.8. The molecule has 1 aliphatic carbocycles. The second kappa shape index (κ2) is 5.79. The van der Waals surface area contributed by atoms with E-state index in [0.29, 0.717) is 18.4 Å². The number of hydrogen-bond donors (Lipinski definition) is 0. The minimum Gasteiger partial charge on any atom is -0.203 e. The number of hydrogen-bond acceptors (Lipinski definition) is 0. The molecule has 0 bridgehead atoms. The zero-order valence-corrected chi connectivity index (χ0v) is 12.2. The first-order chi connectivity index (χ1) is 11.3. The Morgan fingerprint density at radius 2 is 1.33 bits per heavy atom. The van der Waals surface area contributed by atoms with Gasteiger partial charge >= 0.3 is 0 Å². The Balaban J connectivity index is 2.20. The molecular weight excluding hydrogens is 337 g/mol. The fourth-order valence-corrected chi connectivity index (χ4v) is 3.20. The summed E-state index contributed by atoms with van der Waals surface area (Å²) in [7, 11) is 0. The summed E-state index contributed by atoms with van der Waals surface area (Å²) in [5.74, 6) is -18.1. The van der Waals surface area contributed by atoms with Crippen LogP contribution in [0.2, 0.25) is 0 Å². The van der Waals surface area contributed by atoms with E-state index in [9.17, 15) is 30.7 Å². The molecule has 128 valence electrons. The van der Waals surface area contributed by atoms with Crippen LogP contribution in [0.3, 0.4) is 0 Å². The first-order valence-electron chi connectivity index (χ1n) is 7.24. The highest BCUT2D eigenvalue weighted by Gasteiger charge is 2.49. The predicted molar refractivity (Wildman–Crippen MR) is 72.2 cm³/mol. The van der Waals surface area contributed by atoms with Crippen LogP contribution < -0.4 is 0 Å². The fraction of sp³-hybridized carbons (Fsp3) is 0.294. The van der Waals surface area contributed by atoms with Crippen molar-refractivity contribution >= 4 is 0 Å². The summed E-state index contributed by atoms with van der Waals surface area (Å²) in [6.45, 7) is 0. The monoisotopic (exact) mass is 348 g/mol. The number of benzene rings is 2. The second-order valence-corrected chi connectivity index (χ2v) is 5.71. The van der Waals surface area contributed by atoms with Gasteiger partial charge in [0.05, 0.1) is 11.5 Å². The third kappa shape index (κ3) is 2.37. The molecule has 1 aliphatic rings. The van der Waals surface area contributed by atoms with Crippen molar-refractivity contribution in [1.82, 2.24) is 0 Å². The van der Waals surface area contributed by atoms with Gasteiger partial charge in [-0.25, -0.2) is 30.7 Å². The highest BCUT2D eigenvalue weighted by Crippen LogP contribution is 2.50. The van der Waals surface area contributed by atoms with E-state index in [0.717, 1.165) is 0 Å². The molecule has 0 saturated heterocycles. The first-order valence-corrected chi connectivity index (χ1v) is 7.24. The standard InChI is InChI=1S/C17H11F7/c18-12-11(13(19)15(21)16(22)14(12)20)17(23,24)10-7-3-5-8-4-1-2-6-9(8)10/h1-2,4,6,10H,3,5,7H2. The quantitative estimate of drug-likeness (QED) is 0.377. The van der Waals surface area contributed by atoms with E-state index in [4.69, 9.17) is 0 Å². The Bertz CT molecular complexity index is 769. The zero-order valence-electron chi connectivity index (χ0n) is 12.2. The van der Waals surface area contributed by atoms with E-state index in [1.54, 1.807) is 12.1 Å². The molecule has 2 aromatic carbocycles. The number of alkyl halides is 2. The van der Waals surface area contributed by atoms with E-state index in [1.165, 1.54) is 12.1 Å². The predicted octanol–water partition coefficient (Wildman–Crippen LogP) is 5.59. The molecule has 1 atom stereocenters. The van der Waals surface area contributed by atoms with Gasteiger partial charge in [-0.1, -0.05) is 24.3 Å². The van der Waals surface area contributed by atoms with Gasteiger partial charge in [0.25, 0.3) is 5.92 Å². The van der Waals surface area contributed by atoms with Crippen molar-refractivity contribution in [3.63, 3.8) is 0 Å². The van der Waals surface area contributed by atoms with Gasteiger partial charge in [0, 0.05) is 0 Å². The minimum atomic E-state index is -4.24. The molecule has 2 aromatic rings. The molecule has 0 saturated carbocycles. The van der Waals surface area contributed by atoms with E-state index < -0.39 is 46.5 Å². The Morgan fingerprint density at radius 1 is 0.792 bits per heavy atom. The smallest absolute Gasteiger partial charge is 0.203 e. The third-order valence-corrected chi connectivity index (χ3v) is 4.35. The van der Waals surface area contributed by atoms with Gasteiger partial charge in [-0.2, -0.15) is 0 Å². The van der Waals surface area contributed by atoms with Gasteiger partial charge in [0.15, 0.2) is 23.3 Å². The average Bonchev–Trinajstić information content (AvgIpc) is 2.57. The lowest BCUT2D eigenvalue weighted by Crippen LogP contribution is -2.30. The molecule has 0 nitrogen and oxygen atoms in total. The highest BCUT2D eigenvalue weighted by molar-refractivity contribution is 5.38. The Hall–Kier alpha value is -2.05. The van der Waals surface area contributed by atoms with Crippen LogP contribution in [0.1, 0.15) is 35.4 Å². The molecule has 3 rings (SSSR count). The highest BCUT2D eigenvalue weighted by atomic mass is 19.3. The van der Waals surface area contributed by atoms with Crippen molar-refractivity contribution in [3.05, 3.63) is 70.0 Å². The van der Waals surface area contributed by atoms with Crippen molar-refractivity contribution in [2.45, 2.75) is 31.1 Å². The van der Waals surface area contributed by atoms with Crippen LogP contribution in [0.25, 0.3) is 0 Å². The fourth-order valence-electron chi connectivity index (χ4n) is 3.20. The summed E-state index contributed by atoms with van der Waals surface area (Å²) in [5, 5.41) is 0. The van der Waals surface area contributed by atoms with E-state index in [-0.39, 0.29) is 12.0 Å². The minimum absolute atomic E-state index is 0.122. The molecule has 0 radical (unpaired) electrons. The van der Waals surface area contributed by atoms with Crippen LogP contribution in [0.15, 0.2) is 24.3 Å². The first kappa shape index (κ1) is 16.8. The molecule has 0 spiro atoms. The number of rotatable bonds is 2. The normalized spacial score (nSPS) is 17.7. The molecule has 0 aromatic heterocycles. The third-order valence-electron chi connectivity index (χ3n) is 4.35. The zero-order chi connectivity index (χ0) is 17.6. The van der Waals surface area contributed by atoms with Gasteiger partial charge in [-0.05, 0) is 30.4 Å². The lowest BCUT2D eigenvalue weighted by Gasteiger charge is -2.32. The topological polar surface area (TPSA) is 0 Å². The van der Waals surface area contributed by atoms with E-state index in [2.05, 4.69) is 0 Å². The van der Waals surface area contributed by atoms with Crippen LogP contribution >= 0.6 is 0 Å². The van der Waals surface area contributed by atoms with Gasteiger partial charge in [0.2, 0.25) is 5.82 Å². The molecule has 0 fully saturated rings. The SMILES string of the molecule is Fc1c(F)c(F)c(C(F)(F)C2CCCc3ccccc32)c(F)c1F.